The molecule has 0 spiro atoms. The SMILES string of the molecule is Cc1cccc2c1NC(C)(C)C=N2. The highest BCUT2D eigenvalue weighted by molar-refractivity contribution is 5.87. The van der Waals surface area contributed by atoms with Crippen molar-refractivity contribution in [2.45, 2.75) is 26.3 Å². The Morgan fingerprint density at radius 3 is 2.85 bits per heavy atom. The first-order valence-electron chi connectivity index (χ1n) is 4.51. The van der Waals surface area contributed by atoms with Gasteiger partial charge in [0.15, 0.2) is 0 Å². The van der Waals surface area contributed by atoms with Crippen LogP contribution >= 0.6 is 0 Å². The highest BCUT2D eigenvalue weighted by atomic mass is 15.0. The molecule has 0 unspecified atom stereocenters. The van der Waals surface area contributed by atoms with Crippen molar-refractivity contribution in [2.24, 2.45) is 4.99 Å². The normalized spacial score (nSPS) is 17.8. The lowest BCUT2D eigenvalue weighted by molar-refractivity contribution is 0.767. The fourth-order valence-electron chi connectivity index (χ4n) is 1.51. The number of para-hydroxylation sites is 1. The van der Waals surface area contributed by atoms with E-state index in [-0.39, 0.29) is 5.54 Å². The van der Waals surface area contributed by atoms with Crippen LogP contribution in [0.2, 0.25) is 0 Å². The number of aliphatic imine (C=N–C) groups is 1. The van der Waals surface area contributed by atoms with E-state index in [9.17, 15) is 0 Å². The van der Waals surface area contributed by atoms with Crippen LogP contribution in [0.15, 0.2) is 23.2 Å². The quantitative estimate of drug-likeness (QED) is 0.642. The molecule has 0 saturated heterocycles. The minimum Gasteiger partial charge on any atom is -0.373 e. The van der Waals surface area contributed by atoms with Crippen LogP contribution in [0.3, 0.4) is 0 Å². The minimum absolute atomic E-state index is 0.0287. The zero-order chi connectivity index (χ0) is 9.47. The van der Waals surface area contributed by atoms with Crippen LogP contribution in [0, 0.1) is 6.92 Å². The van der Waals surface area contributed by atoms with Crippen LogP contribution < -0.4 is 5.32 Å². The number of nitrogens with zero attached hydrogens (tertiary/aromatic N) is 1. The van der Waals surface area contributed by atoms with Crippen molar-refractivity contribution >= 4 is 17.6 Å². The maximum absolute atomic E-state index is 4.42. The standard InChI is InChI=1S/C11H14N2/c1-8-5-4-6-9-10(8)13-11(2,3)7-12-9/h4-7,13H,1-3H3. The molecule has 0 radical (unpaired) electrons. The molecule has 0 aromatic heterocycles. The molecular weight excluding hydrogens is 160 g/mol. The molecular formula is C11H14N2. The Bertz CT molecular complexity index is 364. The van der Waals surface area contributed by atoms with Gasteiger partial charge in [-0.1, -0.05) is 12.1 Å². The largest absolute Gasteiger partial charge is 0.373 e. The number of hydrogen-bond acceptors (Lipinski definition) is 2. The Hall–Kier alpha value is -1.31. The zero-order valence-corrected chi connectivity index (χ0v) is 8.26. The molecule has 1 aliphatic heterocycles. The van der Waals surface area contributed by atoms with Crippen LogP contribution in [0.1, 0.15) is 19.4 Å². The maximum Gasteiger partial charge on any atom is 0.0861 e. The lowest BCUT2D eigenvalue weighted by Crippen LogP contribution is -2.34. The Morgan fingerprint density at radius 1 is 1.31 bits per heavy atom. The van der Waals surface area contributed by atoms with Crippen molar-refractivity contribution in [2.75, 3.05) is 5.32 Å². The molecule has 13 heavy (non-hydrogen) atoms. The molecule has 0 bridgehead atoms. The molecule has 1 aromatic carbocycles. The van der Waals surface area contributed by atoms with Crippen molar-refractivity contribution in [1.29, 1.82) is 0 Å². The third-order valence-electron chi connectivity index (χ3n) is 2.22. The molecule has 68 valence electrons. The van der Waals surface area contributed by atoms with E-state index in [4.69, 9.17) is 0 Å². The lowest BCUT2D eigenvalue weighted by atomic mass is 10.0. The molecule has 0 fully saturated rings. The predicted octanol–water partition coefficient (Wildman–Crippen LogP) is 2.90. The number of nitrogens with one attached hydrogen (secondary N) is 1. The first kappa shape index (κ1) is 8.30. The molecule has 0 atom stereocenters. The number of benzene rings is 1. The Balaban J connectivity index is 2.54. The van der Waals surface area contributed by atoms with Crippen LogP contribution in [0.4, 0.5) is 11.4 Å². The van der Waals surface area contributed by atoms with Crippen LogP contribution in [-0.4, -0.2) is 11.8 Å². The van der Waals surface area contributed by atoms with Crippen LogP contribution in [-0.2, 0) is 0 Å². The summed E-state index contributed by atoms with van der Waals surface area (Å²) in [5.41, 5.74) is 3.43. The summed E-state index contributed by atoms with van der Waals surface area (Å²) in [6.45, 7) is 6.33. The molecule has 0 saturated carbocycles. The van der Waals surface area contributed by atoms with Crippen molar-refractivity contribution in [3.05, 3.63) is 23.8 Å². The van der Waals surface area contributed by atoms with Gasteiger partial charge in [-0.2, -0.15) is 0 Å². The van der Waals surface area contributed by atoms with Gasteiger partial charge in [-0.25, -0.2) is 0 Å². The third kappa shape index (κ3) is 1.44. The predicted molar refractivity (Wildman–Crippen MR) is 57.0 cm³/mol. The second-order valence-electron chi connectivity index (χ2n) is 4.07. The minimum atomic E-state index is -0.0287. The molecule has 0 aliphatic carbocycles. The van der Waals surface area contributed by atoms with Gasteiger partial charge in [-0.3, -0.25) is 4.99 Å². The van der Waals surface area contributed by atoms with Gasteiger partial charge in [0.2, 0.25) is 0 Å². The first-order valence-corrected chi connectivity index (χ1v) is 4.51. The molecule has 1 N–H and O–H groups in total. The average Bonchev–Trinajstić information content (AvgIpc) is 2.06. The van der Waals surface area contributed by atoms with E-state index in [1.165, 1.54) is 5.56 Å². The molecule has 2 heteroatoms. The zero-order valence-electron chi connectivity index (χ0n) is 8.26. The average molecular weight is 174 g/mol. The summed E-state index contributed by atoms with van der Waals surface area (Å²) in [5, 5.41) is 3.46. The molecule has 1 aliphatic rings. The number of fused-ring (bicyclic) bond motifs is 1. The molecule has 2 rings (SSSR count). The smallest absolute Gasteiger partial charge is 0.0861 e. The second-order valence-corrected chi connectivity index (χ2v) is 4.07. The summed E-state index contributed by atoms with van der Waals surface area (Å²) >= 11 is 0. The summed E-state index contributed by atoms with van der Waals surface area (Å²) in [4.78, 5) is 4.42. The topological polar surface area (TPSA) is 24.4 Å². The van der Waals surface area contributed by atoms with Gasteiger partial charge in [0.05, 0.1) is 16.9 Å². The van der Waals surface area contributed by atoms with Gasteiger partial charge in [-0.05, 0) is 32.4 Å². The lowest BCUT2D eigenvalue weighted by Gasteiger charge is -2.28. The summed E-state index contributed by atoms with van der Waals surface area (Å²) in [6, 6.07) is 6.16. The van der Waals surface area contributed by atoms with Crippen LogP contribution in [0.25, 0.3) is 0 Å². The van der Waals surface area contributed by atoms with Gasteiger partial charge in [0.1, 0.15) is 0 Å². The fourth-order valence-corrected chi connectivity index (χ4v) is 1.51. The highest BCUT2D eigenvalue weighted by Gasteiger charge is 2.20. The van der Waals surface area contributed by atoms with Gasteiger partial charge in [-0.15, -0.1) is 0 Å². The van der Waals surface area contributed by atoms with E-state index >= 15 is 0 Å². The maximum atomic E-state index is 4.42. The number of aryl methyl sites for hydroxylation is 1. The Labute approximate surface area is 78.7 Å². The van der Waals surface area contributed by atoms with E-state index in [1.54, 1.807) is 0 Å². The summed E-state index contributed by atoms with van der Waals surface area (Å²) in [6.07, 6.45) is 1.95. The molecule has 0 amide bonds. The van der Waals surface area contributed by atoms with Crippen LogP contribution in [0.5, 0.6) is 0 Å². The van der Waals surface area contributed by atoms with E-state index < -0.39 is 0 Å². The number of hydrogen-bond donors (Lipinski definition) is 1. The van der Waals surface area contributed by atoms with Gasteiger partial charge in [0.25, 0.3) is 0 Å². The molecule has 1 aromatic rings. The summed E-state index contributed by atoms with van der Waals surface area (Å²) in [5.74, 6) is 0. The second kappa shape index (κ2) is 2.59. The highest BCUT2D eigenvalue weighted by Crippen LogP contribution is 2.33. The monoisotopic (exact) mass is 174 g/mol. The first-order chi connectivity index (χ1) is 6.08. The Kier molecular flexibility index (Phi) is 1.65. The van der Waals surface area contributed by atoms with E-state index in [0.717, 1.165) is 11.4 Å². The van der Waals surface area contributed by atoms with E-state index in [0.29, 0.717) is 0 Å². The molecule has 1 heterocycles. The van der Waals surface area contributed by atoms with Crippen molar-refractivity contribution < 1.29 is 0 Å². The number of rotatable bonds is 0. The van der Waals surface area contributed by atoms with Gasteiger partial charge >= 0.3 is 0 Å². The van der Waals surface area contributed by atoms with E-state index in [1.807, 2.05) is 18.3 Å². The van der Waals surface area contributed by atoms with E-state index in [2.05, 4.69) is 37.1 Å². The summed E-state index contributed by atoms with van der Waals surface area (Å²) in [7, 11) is 0. The number of anilines is 1. The van der Waals surface area contributed by atoms with Crippen molar-refractivity contribution in [3.8, 4) is 0 Å². The van der Waals surface area contributed by atoms with Crippen molar-refractivity contribution in [1.82, 2.24) is 0 Å². The van der Waals surface area contributed by atoms with Gasteiger partial charge < -0.3 is 5.32 Å². The van der Waals surface area contributed by atoms with Crippen molar-refractivity contribution in [3.63, 3.8) is 0 Å². The third-order valence-corrected chi connectivity index (χ3v) is 2.22. The summed E-state index contributed by atoms with van der Waals surface area (Å²) < 4.78 is 0. The fraction of sp³-hybridized carbons (Fsp3) is 0.364. The molecule has 2 nitrogen and oxygen atoms in total. The Morgan fingerprint density at radius 2 is 2.08 bits per heavy atom. The van der Waals surface area contributed by atoms with Gasteiger partial charge in [0, 0.05) is 6.21 Å².